The van der Waals surface area contributed by atoms with Gasteiger partial charge in [-0.25, -0.2) is 4.98 Å². The molecular weight excluding hydrogens is 360 g/mol. The number of benzene rings is 1. The summed E-state index contributed by atoms with van der Waals surface area (Å²) in [5, 5.41) is 11.6. The summed E-state index contributed by atoms with van der Waals surface area (Å²) in [7, 11) is 0. The van der Waals surface area contributed by atoms with Crippen LogP contribution in [-0.2, 0) is 12.1 Å². The maximum atomic E-state index is 11.6. The second-order valence-electron chi connectivity index (χ2n) is 9.17. The lowest BCUT2D eigenvalue weighted by Crippen LogP contribution is -2.36. The summed E-state index contributed by atoms with van der Waals surface area (Å²) in [6.07, 6.45) is 3.69. The van der Waals surface area contributed by atoms with Gasteiger partial charge in [0.1, 0.15) is 11.4 Å². The van der Waals surface area contributed by atoms with Gasteiger partial charge in [0.05, 0.1) is 23.3 Å². The van der Waals surface area contributed by atoms with Crippen molar-refractivity contribution in [2.75, 3.05) is 13.1 Å². The fourth-order valence-corrected chi connectivity index (χ4v) is 5.73. The van der Waals surface area contributed by atoms with Crippen molar-refractivity contribution in [1.82, 2.24) is 19.4 Å². The molecule has 1 aromatic carbocycles. The van der Waals surface area contributed by atoms with Crippen molar-refractivity contribution in [3.63, 3.8) is 0 Å². The lowest BCUT2D eigenvalue weighted by Gasteiger charge is -2.31. The lowest BCUT2D eigenvalue weighted by atomic mass is 9.83. The van der Waals surface area contributed by atoms with Crippen molar-refractivity contribution in [2.45, 2.75) is 51.8 Å². The zero-order chi connectivity index (χ0) is 20.2. The molecule has 3 aromatic rings. The first-order valence-electron chi connectivity index (χ1n) is 10.8. The van der Waals surface area contributed by atoms with Crippen LogP contribution >= 0.6 is 0 Å². The molecule has 1 saturated carbocycles. The Kier molecular flexibility index (Phi) is 4.48. The highest BCUT2D eigenvalue weighted by Gasteiger charge is 2.53. The summed E-state index contributed by atoms with van der Waals surface area (Å²) in [6, 6.07) is 12.8. The number of aryl methyl sites for hydroxylation is 1. The molecule has 3 atom stereocenters. The third-order valence-electron chi connectivity index (χ3n) is 7.00. The molecule has 0 spiro atoms. The van der Waals surface area contributed by atoms with Crippen molar-refractivity contribution < 1.29 is 5.11 Å². The Labute approximate surface area is 172 Å². The lowest BCUT2D eigenvalue weighted by molar-refractivity contribution is -0.0115. The molecule has 5 nitrogen and oxygen atoms in total. The van der Waals surface area contributed by atoms with Crippen LogP contribution in [0, 0.1) is 18.8 Å². The van der Waals surface area contributed by atoms with Crippen LogP contribution in [0.5, 0.6) is 0 Å². The van der Waals surface area contributed by atoms with Gasteiger partial charge < -0.3 is 9.67 Å². The Morgan fingerprint density at radius 1 is 1.17 bits per heavy atom. The van der Waals surface area contributed by atoms with Gasteiger partial charge in [0, 0.05) is 31.2 Å². The first-order valence-corrected chi connectivity index (χ1v) is 10.8. The van der Waals surface area contributed by atoms with E-state index in [-0.39, 0.29) is 5.92 Å². The monoisotopic (exact) mass is 390 g/mol. The van der Waals surface area contributed by atoms with E-state index in [2.05, 4.69) is 65.6 Å². The van der Waals surface area contributed by atoms with Crippen LogP contribution < -0.4 is 0 Å². The van der Waals surface area contributed by atoms with Gasteiger partial charge in [-0.1, -0.05) is 18.2 Å². The van der Waals surface area contributed by atoms with Gasteiger partial charge >= 0.3 is 0 Å². The van der Waals surface area contributed by atoms with Crippen molar-refractivity contribution in [3.8, 4) is 0 Å². The molecule has 1 saturated heterocycles. The number of likely N-dealkylation sites (tertiary alicyclic amines) is 1. The molecule has 5 heteroatoms. The Morgan fingerprint density at radius 2 is 2.00 bits per heavy atom. The van der Waals surface area contributed by atoms with E-state index in [0.29, 0.717) is 12.0 Å². The van der Waals surface area contributed by atoms with Crippen molar-refractivity contribution in [2.24, 2.45) is 11.8 Å². The van der Waals surface area contributed by atoms with Crippen molar-refractivity contribution in [1.29, 1.82) is 0 Å². The number of rotatable bonds is 4. The number of hydrogen-bond acceptors (Lipinski definition) is 4. The summed E-state index contributed by atoms with van der Waals surface area (Å²) in [5.74, 6) is 1.89. The van der Waals surface area contributed by atoms with E-state index >= 15 is 0 Å². The standard InChI is InChI=1S/C24H30N4O/c1-16(2)28-21-9-5-4-8-20(21)26-22(28)15-27-13-18-10-11-24(29,19(18)14-27)23-17(3)7-6-12-25-23/h4-9,12,16,18-19,29H,10-11,13-15H2,1-3H3/t18-,19+,24-/m0/s1. The van der Waals surface area contributed by atoms with Crippen LogP contribution in [0.4, 0.5) is 0 Å². The highest BCUT2D eigenvalue weighted by atomic mass is 16.3. The van der Waals surface area contributed by atoms with E-state index in [1.54, 1.807) is 0 Å². The third-order valence-corrected chi connectivity index (χ3v) is 7.00. The molecule has 2 fully saturated rings. The van der Waals surface area contributed by atoms with Gasteiger partial charge in [-0.05, 0) is 63.3 Å². The fourth-order valence-electron chi connectivity index (χ4n) is 5.73. The average molecular weight is 391 g/mol. The maximum absolute atomic E-state index is 11.6. The molecule has 152 valence electrons. The number of para-hydroxylation sites is 2. The van der Waals surface area contributed by atoms with Gasteiger partial charge in [-0.2, -0.15) is 0 Å². The van der Waals surface area contributed by atoms with Crippen molar-refractivity contribution in [3.05, 3.63) is 59.7 Å². The summed E-state index contributed by atoms with van der Waals surface area (Å²) in [4.78, 5) is 12.0. The van der Waals surface area contributed by atoms with Crippen LogP contribution in [-0.4, -0.2) is 37.6 Å². The quantitative estimate of drug-likeness (QED) is 0.730. The second-order valence-corrected chi connectivity index (χ2v) is 9.17. The SMILES string of the molecule is Cc1cccnc1[C@]1(O)CC[C@H]2CN(Cc3nc4ccccc4n3C(C)C)C[C@H]21. The molecule has 0 radical (unpaired) electrons. The zero-order valence-electron chi connectivity index (χ0n) is 17.5. The van der Waals surface area contributed by atoms with Crippen LogP contribution in [0.2, 0.25) is 0 Å². The topological polar surface area (TPSA) is 54.2 Å². The number of hydrogen-bond donors (Lipinski definition) is 1. The number of nitrogens with zero attached hydrogens (tertiary/aromatic N) is 4. The van der Waals surface area contributed by atoms with Gasteiger partial charge in [0.25, 0.3) is 0 Å². The molecule has 29 heavy (non-hydrogen) atoms. The first-order chi connectivity index (χ1) is 14.0. The predicted molar refractivity (Wildman–Crippen MR) is 114 cm³/mol. The molecular formula is C24H30N4O. The number of aliphatic hydroxyl groups is 1. The number of aromatic nitrogens is 3. The maximum Gasteiger partial charge on any atom is 0.124 e. The Bertz CT molecular complexity index is 1040. The first kappa shape index (κ1) is 18.8. The van der Waals surface area contributed by atoms with E-state index in [4.69, 9.17) is 4.98 Å². The minimum absolute atomic E-state index is 0.243. The van der Waals surface area contributed by atoms with E-state index < -0.39 is 5.60 Å². The summed E-state index contributed by atoms with van der Waals surface area (Å²) in [6.45, 7) is 9.26. The summed E-state index contributed by atoms with van der Waals surface area (Å²) in [5.41, 5.74) is 3.44. The molecule has 0 unspecified atom stereocenters. The summed E-state index contributed by atoms with van der Waals surface area (Å²) < 4.78 is 2.36. The summed E-state index contributed by atoms with van der Waals surface area (Å²) >= 11 is 0. The Balaban J connectivity index is 1.42. The fraction of sp³-hybridized carbons (Fsp3) is 0.500. The van der Waals surface area contributed by atoms with Crippen molar-refractivity contribution >= 4 is 11.0 Å². The van der Waals surface area contributed by atoms with Gasteiger partial charge in [0.2, 0.25) is 0 Å². The minimum atomic E-state index is -0.803. The number of fused-ring (bicyclic) bond motifs is 2. The van der Waals surface area contributed by atoms with E-state index in [0.717, 1.165) is 55.1 Å². The number of pyridine rings is 1. The molecule has 3 heterocycles. The Hall–Kier alpha value is -2.24. The molecule has 1 aliphatic heterocycles. The van der Waals surface area contributed by atoms with E-state index in [1.165, 1.54) is 5.52 Å². The smallest absolute Gasteiger partial charge is 0.124 e. The Morgan fingerprint density at radius 3 is 2.79 bits per heavy atom. The van der Waals surface area contributed by atoms with Gasteiger partial charge in [0.15, 0.2) is 0 Å². The molecule has 0 bridgehead atoms. The molecule has 0 amide bonds. The normalized spacial score (nSPS) is 27.2. The molecule has 2 aliphatic rings. The minimum Gasteiger partial charge on any atom is -0.383 e. The van der Waals surface area contributed by atoms with E-state index in [9.17, 15) is 5.11 Å². The number of imidazole rings is 1. The van der Waals surface area contributed by atoms with Crippen LogP contribution in [0.25, 0.3) is 11.0 Å². The molecule has 2 aromatic heterocycles. The average Bonchev–Trinajstić information content (AvgIpc) is 3.35. The van der Waals surface area contributed by atoms with Crippen LogP contribution in [0.1, 0.15) is 49.8 Å². The predicted octanol–water partition coefficient (Wildman–Crippen LogP) is 4.05. The molecule has 1 N–H and O–H groups in total. The third kappa shape index (κ3) is 2.99. The largest absolute Gasteiger partial charge is 0.383 e. The second kappa shape index (κ2) is 6.92. The molecule has 5 rings (SSSR count). The van der Waals surface area contributed by atoms with Crippen LogP contribution in [0.15, 0.2) is 42.6 Å². The van der Waals surface area contributed by atoms with Gasteiger partial charge in [-0.3, -0.25) is 9.88 Å². The zero-order valence-corrected chi connectivity index (χ0v) is 17.5. The van der Waals surface area contributed by atoms with E-state index in [1.807, 2.05) is 12.3 Å². The molecule has 1 aliphatic carbocycles. The van der Waals surface area contributed by atoms with Gasteiger partial charge in [-0.15, -0.1) is 0 Å². The highest BCUT2D eigenvalue weighted by molar-refractivity contribution is 5.76. The van der Waals surface area contributed by atoms with Crippen LogP contribution in [0.3, 0.4) is 0 Å². The highest BCUT2D eigenvalue weighted by Crippen LogP contribution is 2.50.